The first-order valence-electron chi connectivity index (χ1n) is 15.7. The highest BCUT2D eigenvalue weighted by Crippen LogP contribution is 2.43. The van der Waals surface area contributed by atoms with E-state index in [0.29, 0.717) is 0 Å². The van der Waals surface area contributed by atoms with Gasteiger partial charge < -0.3 is 9.32 Å². The maximum Gasteiger partial charge on any atom is 0.136 e. The molecule has 2 heteroatoms. The molecule has 1 heterocycles. The monoisotopic (exact) mass is 587 g/mol. The molecule has 46 heavy (non-hydrogen) atoms. The van der Waals surface area contributed by atoms with Gasteiger partial charge in [0, 0.05) is 27.7 Å². The average Bonchev–Trinajstić information content (AvgIpc) is 3.49. The highest BCUT2D eigenvalue weighted by atomic mass is 16.3. The maximum atomic E-state index is 6.20. The molecule has 2 nitrogen and oxygen atoms in total. The molecule has 0 bridgehead atoms. The lowest BCUT2D eigenvalue weighted by atomic mass is 9.99. The first-order chi connectivity index (χ1) is 22.8. The second kappa shape index (κ2) is 10.8. The van der Waals surface area contributed by atoms with E-state index in [1.165, 1.54) is 38.4 Å². The van der Waals surface area contributed by atoms with Crippen molar-refractivity contribution in [3.8, 4) is 22.3 Å². The van der Waals surface area contributed by atoms with Gasteiger partial charge in [0.05, 0.1) is 5.69 Å². The Balaban J connectivity index is 1.21. The normalized spacial score (nSPS) is 11.5. The minimum Gasteiger partial charge on any atom is -0.456 e. The predicted octanol–water partition coefficient (Wildman–Crippen LogP) is 12.7. The van der Waals surface area contributed by atoms with Gasteiger partial charge in [-0.2, -0.15) is 0 Å². The molecule has 0 atom stereocenters. The second-order valence-corrected chi connectivity index (χ2v) is 11.8. The number of fused-ring (bicyclic) bond motifs is 5. The summed E-state index contributed by atoms with van der Waals surface area (Å²) in [5.41, 5.74) is 9.92. The van der Waals surface area contributed by atoms with Gasteiger partial charge in [-0.1, -0.05) is 121 Å². The topological polar surface area (TPSA) is 16.4 Å². The van der Waals surface area contributed by atoms with Gasteiger partial charge in [0.25, 0.3) is 0 Å². The van der Waals surface area contributed by atoms with E-state index in [1.807, 2.05) is 12.1 Å². The van der Waals surface area contributed by atoms with E-state index in [9.17, 15) is 0 Å². The van der Waals surface area contributed by atoms with Crippen LogP contribution in [0.4, 0.5) is 17.1 Å². The summed E-state index contributed by atoms with van der Waals surface area (Å²) < 4.78 is 6.20. The number of nitrogens with zero attached hydrogens (tertiary/aromatic N) is 1. The molecule has 0 aliphatic carbocycles. The Morgan fingerprint density at radius 3 is 1.91 bits per heavy atom. The number of para-hydroxylation sites is 2. The van der Waals surface area contributed by atoms with Crippen LogP contribution in [0.25, 0.3) is 65.7 Å². The van der Waals surface area contributed by atoms with Crippen LogP contribution in [0.15, 0.2) is 180 Å². The summed E-state index contributed by atoms with van der Waals surface area (Å²) in [4.78, 5) is 2.38. The minimum atomic E-state index is 0.914. The molecule has 9 rings (SSSR count). The van der Waals surface area contributed by atoms with Gasteiger partial charge in [0.15, 0.2) is 0 Å². The van der Waals surface area contributed by atoms with Crippen molar-refractivity contribution in [2.45, 2.75) is 0 Å². The van der Waals surface area contributed by atoms with Crippen LogP contribution < -0.4 is 4.90 Å². The third-order valence-corrected chi connectivity index (χ3v) is 9.02. The molecular formula is C44H29NO. The molecule has 0 saturated carbocycles. The standard InChI is InChI=1S/C44H29NO/c1-2-11-32(12-3-1)39-14-6-8-16-42(39)45(37-23-20-31(21-24-37)34-19-18-30-10-4-5-13-33(30)26-34)38-25-22-35-29-44-41(28-36(35)27-38)40-15-7-9-17-43(40)46-44/h1-29H. The largest absolute Gasteiger partial charge is 0.456 e. The molecule has 0 spiro atoms. The van der Waals surface area contributed by atoms with Gasteiger partial charge in [0.2, 0.25) is 0 Å². The molecule has 0 radical (unpaired) electrons. The number of benzene rings is 8. The summed E-state index contributed by atoms with van der Waals surface area (Å²) in [5, 5.41) is 7.10. The van der Waals surface area contributed by atoms with Crippen LogP contribution in [0.5, 0.6) is 0 Å². The number of rotatable bonds is 5. The van der Waals surface area contributed by atoms with Crippen molar-refractivity contribution in [3.05, 3.63) is 176 Å². The lowest BCUT2D eigenvalue weighted by Gasteiger charge is -2.28. The molecule has 8 aromatic carbocycles. The van der Waals surface area contributed by atoms with Crippen molar-refractivity contribution in [1.29, 1.82) is 0 Å². The fourth-order valence-electron chi connectivity index (χ4n) is 6.72. The quantitative estimate of drug-likeness (QED) is 0.199. The molecule has 0 aliphatic rings. The lowest BCUT2D eigenvalue weighted by molar-refractivity contribution is 0.669. The number of hydrogen-bond donors (Lipinski definition) is 0. The molecular weight excluding hydrogens is 558 g/mol. The summed E-state index contributed by atoms with van der Waals surface area (Å²) >= 11 is 0. The Labute approximate surface area is 267 Å². The molecule has 0 aliphatic heterocycles. The van der Waals surface area contributed by atoms with E-state index in [-0.39, 0.29) is 0 Å². The number of furan rings is 1. The van der Waals surface area contributed by atoms with Crippen molar-refractivity contribution in [2.24, 2.45) is 0 Å². The molecule has 0 N–H and O–H groups in total. The van der Waals surface area contributed by atoms with E-state index in [2.05, 4.69) is 169 Å². The molecule has 0 fully saturated rings. The van der Waals surface area contributed by atoms with E-state index in [1.54, 1.807) is 0 Å². The molecule has 216 valence electrons. The van der Waals surface area contributed by atoms with Crippen molar-refractivity contribution in [1.82, 2.24) is 0 Å². The lowest BCUT2D eigenvalue weighted by Crippen LogP contribution is -2.11. The Morgan fingerprint density at radius 2 is 1.02 bits per heavy atom. The van der Waals surface area contributed by atoms with E-state index in [4.69, 9.17) is 4.42 Å². The molecule has 0 saturated heterocycles. The Bertz CT molecular complexity index is 2530. The van der Waals surface area contributed by atoms with Crippen LogP contribution in [-0.4, -0.2) is 0 Å². The highest BCUT2D eigenvalue weighted by molar-refractivity contribution is 6.10. The molecule has 1 aromatic heterocycles. The maximum absolute atomic E-state index is 6.20. The summed E-state index contributed by atoms with van der Waals surface area (Å²) in [7, 11) is 0. The zero-order chi connectivity index (χ0) is 30.5. The van der Waals surface area contributed by atoms with Crippen LogP contribution in [0.1, 0.15) is 0 Å². The summed E-state index contributed by atoms with van der Waals surface area (Å²) in [5.74, 6) is 0. The summed E-state index contributed by atoms with van der Waals surface area (Å²) in [6, 6.07) is 62.9. The van der Waals surface area contributed by atoms with Crippen molar-refractivity contribution in [3.63, 3.8) is 0 Å². The Morgan fingerprint density at radius 1 is 0.348 bits per heavy atom. The van der Waals surface area contributed by atoms with E-state index < -0.39 is 0 Å². The first kappa shape index (κ1) is 26.3. The van der Waals surface area contributed by atoms with Crippen LogP contribution >= 0.6 is 0 Å². The summed E-state index contributed by atoms with van der Waals surface area (Å²) in [6.45, 7) is 0. The first-order valence-corrected chi connectivity index (χ1v) is 15.7. The van der Waals surface area contributed by atoms with Crippen molar-refractivity contribution < 1.29 is 4.42 Å². The van der Waals surface area contributed by atoms with Gasteiger partial charge in [0.1, 0.15) is 11.2 Å². The van der Waals surface area contributed by atoms with Crippen LogP contribution in [-0.2, 0) is 0 Å². The molecule has 9 aromatic rings. The second-order valence-electron chi connectivity index (χ2n) is 11.8. The van der Waals surface area contributed by atoms with Crippen LogP contribution in [0, 0.1) is 0 Å². The number of anilines is 3. The molecule has 0 unspecified atom stereocenters. The van der Waals surface area contributed by atoms with Crippen LogP contribution in [0.3, 0.4) is 0 Å². The fourth-order valence-corrected chi connectivity index (χ4v) is 6.72. The predicted molar refractivity (Wildman–Crippen MR) is 194 cm³/mol. The zero-order valence-electron chi connectivity index (χ0n) is 25.1. The molecule has 0 amide bonds. The van der Waals surface area contributed by atoms with Crippen molar-refractivity contribution >= 4 is 60.5 Å². The van der Waals surface area contributed by atoms with Gasteiger partial charge >= 0.3 is 0 Å². The average molecular weight is 588 g/mol. The zero-order valence-corrected chi connectivity index (χ0v) is 25.1. The smallest absolute Gasteiger partial charge is 0.136 e. The van der Waals surface area contributed by atoms with Crippen LogP contribution in [0.2, 0.25) is 0 Å². The number of hydrogen-bond acceptors (Lipinski definition) is 2. The van der Waals surface area contributed by atoms with Gasteiger partial charge in [-0.3, -0.25) is 0 Å². The summed E-state index contributed by atoms with van der Waals surface area (Å²) in [6.07, 6.45) is 0. The third kappa shape index (κ3) is 4.51. The van der Waals surface area contributed by atoms with E-state index >= 15 is 0 Å². The minimum absolute atomic E-state index is 0.914. The third-order valence-electron chi connectivity index (χ3n) is 9.02. The Hall–Kier alpha value is -6.12. The van der Waals surface area contributed by atoms with Gasteiger partial charge in [-0.05, 0) is 92.8 Å². The van der Waals surface area contributed by atoms with E-state index in [0.717, 1.165) is 44.4 Å². The Kier molecular flexibility index (Phi) is 6.17. The highest BCUT2D eigenvalue weighted by Gasteiger charge is 2.18. The van der Waals surface area contributed by atoms with Crippen molar-refractivity contribution in [2.75, 3.05) is 4.90 Å². The van der Waals surface area contributed by atoms with Gasteiger partial charge in [-0.15, -0.1) is 0 Å². The fraction of sp³-hybridized carbons (Fsp3) is 0. The SMILES string of the molecule is c1ccc(-c2ccccc2N(c2ccc(-c3ccc4ccccc4c3)cc2)c2ccc3cc4oc5ccccc5c4cc3c2)cc1. The van der Waals surface area contributed by atoms with Gasteiger partial charge in [-0.25, -0.2) is 0 Å².